The minimum atomic E-state index is -0.822. The molecule has 0 fully saturated rings. The fourth-order valence-corrected chi connectivity index (χ4v) is 1.64. The monoisotopic (exact) mass is 260 g/mol. The summed E-state index contributed by atoms with van der Waals surface area (Å²) in [6.07, 6.45) is 0.162. The molecule has 5 nitrogen and oxygen atoms in total. The Morgan fingerprint density at radius 2 is 2.00 bits per heavy atom. The third-order valence-electron chi connectivity index (χ3n) is 2.76. The number of carbonyl (C=O) groups is 2. The Balaban J connectivity index is 2.81. The van der Waals surface area contributed by atoms with Crippen LogP contribution in [0.5, 0.6) is 0 Å². The number of methoxy groups -OCH3 is 1. The highest BCUT2D eigenvalue weighted by atomic mass is 16.5. The summed E-state index contributed by atoms with van der Waals surface area (Å²) in [5, 5.41) is 11.3. The zero-order chi connectivity index (χ0) is 14.3. The van der Waals surface area contributed by atoms with Crippen molar-refractivity contribution in [2.24, 2.45) is 5.92 Å². The van der Waals surface area contributed by atoms with E-state index in [0.29, 0.717) is 5.56 Å². The Labute approximate surface area is 112 Å². The molecule has 2 atom stereocenters. The third kappa shape index (κ3) is 4.11. The van der Waals surface area contributed by atoms with Crippen molar-refractivity contribution in [3.05, 3.63) is 35.9 Å². The first-order chi connectivity index (χ1) is 9.10. The first-order valence-corrected chi connectivity index (χ1v) is 5.90. The van der Waals surface area contributed by atoms with Gasteiger partial charge in [0.1, 0.15) is 6.04 Å². The average Bonchev–Trinajstić information content (AvgIpc) is 2.44. The summed E-state index contributed by atoms with van der Waals surface area (Å²) in [6, 6.07) is 9.73. The highest BCUT2D eigenvalue weighted by Crippen LogP contribution is 2.10. The second-order valence-electron chi connectivity index (χ2n) is 4.18. The van der Waals surface area contributed by atoms with E-state index in [-0.39, 0.29) is 18.2 Å². The van der Waals surface area contributed by atoms with E-state index in [9.17, 15) is 9.59 Å². The van der Waals surface area contributed by atoms with Crippen LogP contribution in [-0.2, 0) is 9.53 Å². The first-order valence-electron chi connectivity index (χ1n) is 5.90. The second kappa shape index (κ2) is 7.17. The number of nitriles is 1. The molecule has 100 valence electrons. The van der Waals surface area contributed by atoms with Crippen LogP contribution in [0.4, 0.5) is 0 Å². The first kappa shape index (κ1) is 14.7. The number of nitrogens with one attached hydrogen (secondary N) is 1. The van der Waals surface area contributed by atoms with Crippen LogP contribution in [-0.4, -0.2) is 25.0 Å². The lowest BCUT2D eigenvalue weighted by Gasteiger charge is -2.21. The van der Waals surface area contributed by atoms with Gasteiger partial charge in [0.2, 0.25) is 0 Å². The van der Waals surface area contributed by atoms with Gasteiger partial charge < -0.3 is 10.1 Å². The Morgan fingerprint density at radius 1 is 1.37 bits per heavy atom. The summed E-state index contributed by atoms with van der Waals surface area (Å²) < 4.78 is 4.65. The van der Waals surface area contributed by atoms with E-state index in [4.69, 9.17) is 5.26 Å². The van der Waals surface area contributed by atoms with E-state index in [0.717, 1.165) is 0 Å². The molecule has 1 aromatic carbocycles. The average molecular weight is 260 g/mol. The van der Waals surface area contributed by atoms with Crippen molar-refractivity contribution in [3.63, 3.8) is 0 Å². The van der Waals surface area contributed by atoms with Crippen molar-refractivity contribution in [2.75, 3.05) is 7.11 Å². The molecular formula is C14H16N2O3. The summed E-state index contributed by atoms with van der Waals surface area (Å²) in [5.74, 6) is -1.22. The molecule has 0 saturated heterocycles. The summed E-state index contributed by atoms with van der Waals surface area (Å²) in [7, 11) is 1.25. The second-order valence-corrected chi connectivity index (χ2v) is 4.18. The molecule has 0 aliphatic heterocycles. The lowest BCUT2D eigenvalue weighted by atomic mass is 9.98. The van der Waals surface area contributed by atoms with Crippen molar-refractivity contribution in [1.29, 1.82) is 5.26 Å². The van der Waals surface area contributed by atoms with Crippen molar-refractivity contribution in [3.8, 4) is 6.07 Å². The molecule has 0 radical (unpaired) electrons. The highest BCUT2D eigenvalue weighted by Gasteiger charge is 2.27. The third-order valence-corrected chi connectivity index (χ3v) is 2.76. The predicted octanol–water partition coefficient (Wildman–Crippen LogP) is 1.51. The topological polar surface area (TPSA) is 79.2 Å². The van der Waals surface area contributed by atoms with E-state index >= 15 is 0 Å². The van der Waals surface area contributed by atoms with Gasteiger partial charge in [-0.2, -0.15) is 5.26 Å². The summed E-state index contributed by atoms with van der Waals surface area (Å²) in [5.41, 5.74) is 0.459. The Kier molecular flexibility index (Phi) is 5.55. The van der Waals surface area contributed by atoms with Crippen molar-refractivity contribution in [1.82, 2.24) is 5.32 Å². The lowest BCUT2D eigenvalue weighted by molar-refractivity contribution is -0.144. The SMILES string of the molecule is COC(=O)[C@H](NC(=O)c1ccccc1)[C@@H](C)CC#N. The molecule has 0 heterocycles. The molecule has 0 saturated carbocycles. The smallest absolute Gasteiger partial charge is 0.328 e. The molecule has 0 aromatic heterocycles. The molecule has 0 aliphatic rings. The highest BCUT2D eigenvalue weighted by molar-refractivity contribution is 5.96. The Bertz CT molecular complexity index is 479. The number of carbonyl (C=O) groups excluding carboxylic acids is 2. The molecule has 19 heavy (non-hydrogen) atoms. The van der Waals surface area contributed by atoms with E-state index in [1.165, 1.54) is 7.11 Å². The Morgan fingerprint density at radius 3 is 2.53 bits per heavy atom. The van der Waals surface area contributed by atoms with E-state index in [1.54, 1.807) is 37.3 Å². The lowest BCUT2D eigenvalue weighted by Crippen LogP contribution is -2.45. The molecule has 1 N–H and O–H groups in total. The maximum atomic E-state index is 12.0. The van der Waals surface area contributed by atoms with Crippen LogP contribution in [0.2, 0.25) is 0 Å². The number of ether oxygens (including phenoxy) is 1. The fraction of sp³-hybridized carbons (Fsp3) is 0.357. The van der Waals surface area contributed by atoms with Gasteiger partial charge in [0, 0.05) is 17.9 Å². The largest absolute Gasteiger partial charge is 0.467 e. The van der Waals surface area contributed by atoms with Gasteiger partial charge in [0.05, 0.1) is 13.2 Å². The maximum absolute atomic E-state index is 12.0. The van der Waals surface area contributed by atoms with Crippen molar-refractivity contribution < 1.29 is 14.3 Å². The number of esters is 1. The molecule has 5 heteroatoms. The zero-order valence-corrected chi connectivity index (χ0v) is 10.9. The minimum absolute atomic E-state index is 0.162. The predicted molar refractivity (Wildman–Crippen MR) is 69.1 cm³/mol. The van der Waals surface area contributed by atoms with Crippen LogP contribution < -0.4 is 5.32 Å². The van der Waals surface area contributed by atoms with Crippen LogP contribution >= 0.6 is 0 Å². The number of benzene rings is 1. The molecule has 0 spiro atoms. The van der Waals surface area contributed by atoms with E-state index in [2.05, 4.69) is 10.1 Å². The van der Waals surface area contributed by atoms with Gasteiger partial charge in [-0.15, -0.1) is 0 Å². The molecule has 1 rings (SSSR count). The molecule has 0 aliphatic carbocycles. The standard InChI is InChI=1S/C14H16N2O3/c1-10(8-9-15)12(14(18)19-2)16-13(17)11-6-4-3-5-7-11/h3-7,10,12H,8H2,1-2H3,(H,16,17)/t10-,12+/m0/s1. The van der Waals surface area contributed by atoms with Crippen LogP contribution in [0.25, 0.3) is 0 Å². The van der Waals surface area contributed by atoms with Gasteiger partial charge in [0.15, 0.2) is 0 Å². The van der Waals surface area contributed by atoms with Gasteiger partial charge in [-0.05, 0) is 12.1 Å². The number of hydrogen-bond acceptors (Lipinski definition) is 4. The van der Waals surface area contributed by atoms with Crippen LogP contribution in [0.3, 0.4) is 0 Å². The molecule has 1 amide bonds. The van der Waals surface area contributed by atoms with Gasteiger partial charge in [0.25, 0.3) is 5.91 Å². The van der Waals surface area contributed by atoms with Crippen LogP contribution in [0, 0.1) is 17.2 Å². The number of hydrogen-bond donors (Lipinski definition) is 1. The van der Waals surface area contributed by atoms with Gasteiger partial charge >= 0.3 is 5.97 Å². The van der Waals surface area contributed by atoms with Gasteiger partial charge in [-0.3, -0.25) is 4.79 Å². The molecular weight excluding hydrogens is 244 g/mol. The summed E-state index contributed by atoms with van der Waals surface area (Å²) >= 11 is 0. The molecule has 0 bridgehead atoms. The van der Waals surface area contributed by atoms with Crippen molar-refractivity contribution >= 4 is 11.9 Å². The summed E-state index contributed by atoms with van der Waals surface area (Å²) in [6.45, 7) is 1.72. The van der Waals surface area contributed by atoms with Crippen LogP contribution in [0.1, 0.15) is 23.7 Å². The van der Waals surface area contributed by atoms with E-state index in [1.807, 2.05) is 6.07 Å². The quantitative estimate of drug-likeness (QED) is 0.814. The number of rotatable bonds is 5. The fourth-order valence-electron chi connectivity index (χ4n) is 1.64. The summed E-state index contributed by atoms with van der Waals surface area (Å²) in [4.78, 5) is 23.6. The van der Waals surface area contributed by atoms with Gasteiger partial charge in [-0.1, -0.05) is 25.1 Å². The van der Waals surface area contributed by atoms with Crippen LogP contribution in [0.15, 0.2) is 30.3 Å². The van der Waals surface area contributed by atoms with E-state index < -0.39 is 12.0 Å². The normalized spacial score (nSPS) is 12.9. The maximum Gasteiger partial charge on any atom is 0.328 e. The van der Waals surface area contributed by atoms with Crippen molar-refractivity contribution in [2.45, 2.75) is 19.4 Å². The molecule has 1 aromatic rings. The minimum Gasteiger partial charge on any atom is -0.467 e. The van der Waals surface area contributed by atoms with Gasteiger partial charge in [-0.25, -0.2) is 4.79 Å². The molecule has 0 unspecified atom stereocenters. The number of nitrogens with zero attached hydrogens (tertiary/aromatic N) is 1. The Hall–Kier alpha value is -2.35. The number of amides is 1. The zero-order valence-electron chi connectivity index (χ0n) is 10.9.